The van der Waals surface area contributed by atoms with Crippen LogP contribution in [-0.2, 0) is 0 Å². The van der Waals surface area contributed by atoms with Crippen molar-refractivity contribution in [3.8, 4) is 78.7 Å². The average Bonchev–Trinajstić information content (AvgIpc) is 3.66. The topological polar surface area (TPSA) is 51.6 Å². The molecule has 0 aliphatic heterocycles. The second-order valence-electron chi connectivity index (χ2n) is 13.5. The van der Waals surface area contributed by atoms with Crippen molar-refractivity contribution in [2.75, 3.05) is 0 Å². The van der Waals surface area contributed by atoms with Crippen LogP contribution in [0.2, 0.25) is 0 Å². The lowest BCUT2D eigenvalue weighted by Crippen LogP contribution is -1.97. The van der Waals surface area contributed by atoms with Gasteiger partial charge in [-0.05, 0) is 101 Å². The molecule has 4 nitrogen and oxygen atoms in total. The summed E-state index contributed by atoms with van der Waals surface area (Å²) in [5.74, 6) is 0.660. The van der Waals surface area contributed by atoms with Crippen LogP contribution in [0.3, 0.4) is 0 Å². The molecule has 5 heteroatoms. The molecule has 0 amide bonds. The second-order valence-corrected chi connectivity index (χ2v) is 14.6. The van der Waals surface area contributed by atoms with Crippen molar-refractivity contribution in [3.05, 3.63) is 194 Å². The summed E-state index contributed by atoms with van der Waals surface area (Å²) < 4.78 is 2.56. The molecule has 258 valence electrons. The lowest BCUT2D eigenvalue weighted by molar-refractivity contribution is 1.18. The third-order valence-corrected chi connectivity index (χ3v) is 11.1. The van der Waals surface area contributed by atoms with E-state index in [9.17, 15) is 0 Å². The predicted molar refractivity (Wildman–Crippen MR) is 229 cm³/mol. The van der Waals surface area contributed by atoms with Crippen LogP contribution in [0.1, 0.15) is 0 Å². The number of aromatic nitrogens is 4. The summed E-state index contributed by atoms with van der Waals surface area (Å²) in [6.07, 6.45) is 3.66. The van der Waals surface area contributed by atoms with Gasteiger partial charge in [0.05, 0.1) is 22.8 Å². The Bertz CT molecular complexity index is 2900. The minimum absolute atomic E-state index is 0.660. The molecule has 0 aliphatic rings. The molecule has 0 aliphatic carbocycles. The maximum absolute atomic E-state index is 5.30. The van der Waals surface area contributed by atoms with Crippen LogP contribution in [0.4, 0.5) is 0 Å². The molecule has 0 unspecified atom stereocenters. The molecular formula is C50H32N4S. The van der Waals surface area contributed by atoms with E-state index in [0.29, 0.717) is 5.82 Å². The molecule has 0 N–H and O–H groups in total. The molecule has 55 heavy (non-hydrogen) atoms. The van der Waals surface area contributed by atoms with E-state index in [0.717, 1.165) is 67.3 Å². The minimum Gasteiger partial charge on any atom is -0.256 e. The number of pyridine rings is 2. The number of fused-ring (bicyclic) bond motifs is 3. The van der Waals surface area contributed by atoms with Crippen molar-refractivity contribution in [2.24, 2.45) is 0 Å². The second kappa shape index (κ2) is 14.0. The molecule has 10 aromatic rings. The SMILES string of the molecule is c1ccc(-c2cc(-c3cc(-c4cc(-c5ccccn5)cc(-c5ccccn5)c4)nc(-c4ccccc4)n3)cc(-c3cccc4sc5ccccc5c34)c2)cc1. The third kappa shape index (κ3) is 6.37. The van der Waals surface area contributed by atoms with Crippen LogP contribution < -0.4 is 0 Å². The van der Waals surface area contributed by atoms with Crippen LogP contribution >= 0.6 is 11.3 Å². The standard InChI is InChI=1S/C50H32N4S/c1-3-14-33(15-4-1)35-26-36(41-19-13-23-48-49(41)42-18-7-8-22-47(42)55-48)28-39(27-35)45-32-46(54-50(53-45)34-16-5-2-6-17-34)40-30-37(43-20-9-11-24-51-43)29-38(31-40)44-21-10-12-25-52-44/h1-32H. The first-order valence-electron chi connectivity index (χ1n) is 18.3. The first-order valence-corrected chi connectivity index (χ1v) is 19.1. The zero-order valence-corrected chi connectivity index (χ0v) is 30.5. The molecule has 6 aromatic carbocycles. The Balaban J connectivity index is 1.22. The van der Waals surface area contributed by atoms with Gasteiger partial charge in [0.15, 0.2) is 5.82 Å². The molecule has 0 bridgehead atoms. The minimum atomic E-state index is 0.660. The van der Waals surface area contributed by atoms with Gasteiger partial charge in [0.25, 0.3) is 0 Å². The highest BCUT2D eigenvalue weighted by Gasteiger charge is 2.17. The first-order chi connectivity index (χ1) is 27.2. The zero-order chi connectivity index (χ0) is 36.6. The Morgan fingerprint density at radius 3 is 1.47 bits per heavy atom. The van der Waals surface area contributed by atoms with E-state index >= 15 is 0 Å². The van der Waals surface area contributed by atoms with Gasteiger partial charge < -0.3 is 0 Å². The van der Waals surface area contributed by atoms with Crippen LogP contribution in [0, 0.1) is 0 Å². The van der Waals surface area contributed by atoms with E-state index < -0.39 is 0 Å². The van der Waals surface area contributed by atoms with Gasteiger partial charge in [-0.1, -0.05) is 103 Å². The van der Waals surface area contributed by atoms with Crippen molar-refractivity contribution in [2.45, 2.75) is 0 Å². The van der Waals surface area contributed by atoms with Crippen LogP contribution in [0.25, 0.3) is 98.8 Å². The van der Waals surface area contributed by atoms with E-state index in [1.807, 2.05) is 78.3 Å². The predicted octanol–water partition coefficient (Wildman–Crippen LogP) is 13.3. The van der Waals surface area contributed by atoms with Crippen LogP contribution in [0.15, 0.2) is 194 Å². The van der Waals surface area contributed by atoms with Crippen LogP contribution in [0.5, 0.6) is 0 Å². The molecule has 10 rings (SSSR count). The summed E-state index contributed by atoms with van der Waals surface area (Å²) in [5, 5.41) is 2.55. The summed E-state index contributed by atoms with van der Waals surface area (Å²) >= 11 is 1.84. The molecule has 0 atom stereocenters. The smallest absolute Gasteiger partial charge is 0.160 e. The Labute approximate surface area is 323 Å². The van der Waals surface area contributed by atoms with Crippen molar-refractivity contribution >= 4 is 31.5 Å². The van der Waals surface area contributed by atoms with Gasteiger partial charge in [-0.3, -0.25) is 9.97 Å². The molecule has 0 saturated heterocycles. The number of nitrogens with zero attached hydrogens (tertiary/aromatic N) is 4. The Morgan fingerprint density at radius 2 is 0.836 bits per heavy atom. The summed E-state index contributed by atoms with van der Waals surface area (Å²) in [6.45, 7) is 0. The van der Waals surface area contributed by atoms with E-state index in [-0.39, 0.29) is 0 Å². The van der Waals surface area contributed by atoms with Gasteiger partial charge in [-0.15, -0.1) is 11.3 Å². The monoisotopic (exact) mass is 720 g/mol. The maximum atomic E-state index is 5.30. The van der Waals surface area contributed by atoms with Gasteiger partial charge in [0.1, 0.15) is 0 Å². The Kier molecular flexibility index (Phi) is 8.32. The highest BCUT2D eigenvalue weighted by Crippen LogP contribution is 2.42. The first kappa shape index (κ1) is 32.6. The number of benzene rings is 6. The fourth-order valence-electron chi connectivity index (χ4n) is 7.34. The summed E-state index contributed by atoms with van der Waals surface area (Å²) in [7, 11) is 0. The summed E-state index contributed by atoms with van der Waals surface area (Å²) in [6, 6.07) is 63.7. The fraction of sp³-hybridized carbons (Fsp3) is 0. The van der Waals surface area contributed by atoms with Crippen molar-refractivity contribution < 1.29 is 0 Å². The largest absolute Gasteiger partial charge is 0.256 e. The van der Waals surface area contributed by atoms with E-state index in [1.165, 1.54) is 25.7 Å². The quantitative estimate of drug-likeness (QED) is 0.164. The summed E-state index contributed by atoms with van der Waals surface area (Å²) in [5.41, 5.74) is 12.9. The maximum Gasteiger partial charge on any atom is 0.160 e. The lowest BCUT2D eigenvalue weighted by Gasteiger charge is -2.15. The molecule has 0 fully saturated rings. The molecule has 0 spiro atoms. The molecule has 0 saturated carbocycles. The fourth-order valence-corrected chi connectivity index (χ4v) is 8.47. The normalized spacial score (nSPS) is 11.3. The van der Waals surface area contributed by atoms with Gasteiger partial charge in [-0.2, -0.15) is 0 Å². The Hall–Kier alpha value is -7.08. The highest BCUT2D eigenvalue weighted by atomic mass is 32.1. The van der Waals surface area contributed by atoms with Crippen molar-refractivity contribution in [1.82, 2.24) is 19.9 Å². The van der Waals surface area contributed by atoms with Gasteiger partial charge >= 0.3 is 0 Å². The highest BCUT2D eigenvalue weighted by molar-refractivity contribution is 7.25. The van der Waals surface area contributed by atoms with Gasteiger partial charge in [0, 0.05) is 60.4 Å². The van der Waals surface area contributed by atoms with Crippen molar-refractivity contribution in [3.63, 3.8) is 0 Å². The lowest BCUT2D eigenvalue weighted by atomic mass is 9.92. The number of thiophene rings is 1. The van der Waals surface area contributed by atoms with E-state index in [4.69, 9.17) is 19.9 Å². The number of hydrogen-bond acceptors (Lipinski definition) is 5. The Morgan fingerprint density at radius 1 is 0.327 bits per heavy atom. The van der Waals surface area contributed by atoms with Gasteiger partial charge in [0.2, 0.25) is 0 Å². The molecule has 4 heterocycles. The van der Waals surface area contributed by atoms with E-state index in [2.05, 4.69) is 127 Å². The molecular weight excluding hydrogens is 689 g/mol. The third-order valence-electron chi connectivity index (χ3n) is 9.96. The molecule has 0 radical (unpaired) electrons. The van der Waals surface area contributed by atoms with Gasteiger partial charge in [-0.25, -0.2) is 9.97 Å². The molecule has 4 aromatic heterocycles. The van der Waals surface area contributed by atoms with Crippen LogP contribution in [-0.4, -0.2) is 19.9 Å². The number of hydrogen-bond donors (Lipinski definition) is 0. The number of rotatable bonds is 7. The zero-order valence-electron chi connectivity index (χ0n) is 29.7. The average molecular weight is 721 g/mol. The summed E-state index contributed by atoms with van der Waals surface area (Å²) in [4.78, 5) is 20.0. The van der Waals surface area contributed by atoms with E-state index in [1.54, 1.807) is 0 Å². The van der Waals surface area contributed by atoms with Crippen molar-refractivity contribution in [1.29, 1.82) is 0 Å².